The fraction of sp³-hybridized carbons (Fsp3) is 0.303. The lowest BCUT2D eigenvalue weighted by molar-refractivity contribution is 0.0696. The maximum atomic E-state index is 14.0. The van der Waals surface area contributed by atoms with Gasteiger partial charge in [-0.15, -0.1) is 0 Å². The number of aromatic nitrogens is 2. The molecule has 1 amide bonds. The number of amides is 1. The molecule has 0 saturated carbocycles. The summed E-state index contributed by atoms with van der Waals surface area (Å²) in [5, 5.41) is 14.6. The maximum Gasteiger partial charge on any atom is 0.335 e. The van der Waals surface area contributed by atoms with Crippen molar-refractivity contribution in [3.05, 3.63) is 118 Å². The van der Waals surface area contributed by atoms with Crippen molar-refractivity contribution in [2.75, 3.05) is 26.2 Å². The van der Waals surface area contributed by atoms with Crippen LogP contribution in [0, 0.1) is 0 Å². The van der Waals surface area contributed by atoms with Crippen molar-refractivity contribution in [3.63, 3.8) is 0 Å². The Morgan fingerprint density at radius 2 is 1.54 bits per heavy atom. The molecule has 1 unspecified atom stereocenters. The zero-order valence-corrected chi connectivity index (χ0v) is 23.6. The molecule has 2 aliphatic heterocycles. The summed E-state index contributed by atoms with van der Waals surface area (Å²) < 4.78 is 1.93. The number of carbonyl (C=O) groups is 2. The number of halogens is 1. The summed E-state index contributed by atoms with van der Waals surface area (Å²) in [5.41, 5.74) is 5.24. The van der Waals surface area contributed by atoms with E-state index in [4.69, 9.17) is 16.7 Å². The van der Waals surface area contributed by atoms with E-state index in [1.165, 1.54) is 5.56 Å². The smallest absolute Gasteiger partial charge is 0.335 e. The third kappa shape index (κ3) is 5.92. The van der Waals surface area contributed by atoms with Crippen LogP contribution in [0.25, 0.3) is 5.69 Å². The Morgan fingerprint density at radius 3 is 2.22 bits per heavy atom. The van der Waals surface area contributed by atoms with Crippen LogP contribution in [0.15, 0.2) is 85.1 Å². The van der Waals surface area contributed by atoms with Gasteiger partial charge in [0, 0.05) is 36.5 Å². The number of piperidine rings is 1. The number of carboxylic acid groups (broad SMARTS) is 1. The molecule has 41 heavy (non-hydrogen) atoms. The quantitative estimate of drug-likeness (QED) is 0.286. The van der Waals surface area contributed by atoms with Crippen LogP contribution in [0.2, 0.25) is 5.02 Å². The Bertz CT molecular complexity index is 1510. The van der Waals surface area contributed by atoms with Gasteiger partial charge < -0.3 is 10.0 Å². The summed E-state index contributed by atoms with van der Waals surface area (Å²) in [6.07, 6.45) is 4.51. The molecule has 7 nitrogen and oxygen atoms in total. The highest BCUT2D eigenvalue weighted by Gasteiger charge is 2.34. The van der Waals surface area contributed by atoms with Gasteiger partial charge in [0.05, 0.1) is 28.7 Å². The van der Waals surface area contributed by atoms with E-state index in [0.717, 1.165) is 62.4 Å². The number of rotatable bonds is 7. The Labute approximate surface area is 245 Å². The van der Waals surface area contributed by atoms with Crippen molar-refractivity contribution in [1.82, 2.24) is 19.6 Å². The summed E-state index contributed by atoms with van der Waals surface area (Å²) in [5.74, 6) is -0.322. The van der Waals surface area contributed by atoms with Gasteiger partial charge in [0.15, 0.2) is 0 Å². The molecular weight excluding hydrogens is 536 g/mol. The predicted octanol–water partition coefficient (Wildman–Crippen LogP) is 6.23. The number of likely N-dealkylation sites (tertiary alicyclic amines) is 2. The average molecular weight is 569 g/mol. The molecule has 1 N–H and O–H groups in total. The van der Waals surface area contributed by atoms with Gasteiger partial charge in [0.1, 0.15) is 0 Å². The molecule has 2 aliphatic rings. The second-order valence-corrected chi connectivity index (χ2v) is 11.5. The summed E-state index contributed by atoms with van der Waals surface area (Å²) in [6.45, 7) is 3.98. The fourth-order valence-electron chi connectivity index (χ4n) is 6.19. The lowest BCUT2D eigenvalue weighted by atomic mass is 9.90. The number of benzene rings is 3. The molecule has 1 aromatic heterocycles. The molecule has 2 fully saturated rings. The largest absolute Gasteiger partial charge is 0.478 e. The SMILES string of the molecule is O=C(O)c1ccc(CN2CCC(c3c(C(=O)N4CCC(c5ccccc5)C4)cnn3-c3ccc(Cl)cc3)CC2)cc1. The molecule has 3 heterocycles. The number of aromatic carboxylic acids is 1. The number of hydrogen-bond donors (Lipinski definition) is 1. The van der Waals surface area contributed by atoms with E-state index in [-0.39, 0.29) is 11.8 Å². The minimum atomic E-state index is -0.912. The van der Waals surface area contributed by atoms with Crippen LogP contribution in [-0.2, 0) is 6.54 Å². The van der Waals surface area contributed by atoms with E-state index in [1.807, 2.05) is 52.0 Å². The molecule has 2 saturated heterocycles. The normalized spacial score (nSPS) is 18.1. The van der Waals surface area contributed by atoms with Gasteiger partial charge >= 0.3 is 5.97 Å². The maximum absolute atomic E-state index is 14.0. The molecule has 0 aliphatic carbocycles. The Kier molecular flexibility index (Phi) is 7.90. The second-order valence-electron chi connectivity index (χ2n) is 11.0. The van der Waals surface area contributed by atoms with Crippen LogP contribution in [0.5, 0.6) is 0 Å². The summed E-state index contributed by atoms with van der Waals surface area (Å²) in [7, 11) is 0. The lowest BCUT2D eigenvalue weighted by Crippen LogP contribution is -2.34. The second kappa shape index (κ2) is 11.9. The van der Waals surface area contributed by atoms with E-state index in [1.54, 1.807) is 18.3 Å². The van der Waals surface area contributed by atoms with Gasteiger partial charge in [0.2, 0.25) is 0 Å². The zero-order chi connectivity index (χ0) is 28.3. The molecule has 210 valence electrons. The number of hydrogen-bond acceptors (Lipinski definition) is 4. The van der Waals surface area contributed by atoms with Crippen LogP contribution in [0.4, 0.5) is 0 Å². The van der Waals surface area contributed by atoms with Gasteiger partial charge in [-0.05, 0) is 79.9 Å². The van der Waals surface area contributed by atoms with Crippen LogP contribution in [0.1, 0.15) is 68.6 Å². The van der Waals surface area contributed by atoms with Gasteiger partial charge in [-0.1, -0.05) is 54.1 Å². The number of nitrogens with zero attached hydrogens (tertiary/aromatic N) is 4. The monoisotopic (exact) mass is 568 g/mol. The van der Waals surface area contributed by atoms with Crippen molar-refractivity contribution >= 4 is 23.5 Å². The Morgan fingerprint density at radius 1 is 0.854 bits per heavy atom. The minimum absolute atomic E-state index is 0.0552. The van der Waals surface area contributed by atoms with E-state index < -0.39 is 5.97 Å². The first-order chi connectivity index (χ1) is 20.0. The van der Waals surface area contributed by atoms with Crippen molar-refractivity contribution in [2.24, 2.45) is 0 Å². The molecule has 1 atom stereocenters. The average Bonchev–Trinajstić information content (AvgIpc) is 3.67. The first kappa shape index (κ1) is 27.2. The first-order valence-electron chi connectivity index (χ1n) is 14.2. The van der Waals surface area contributed by atoms with E-state index in [0.29, 0.717) is 28.6 Å². The molecule has 4 aromatic rings. The number of carbonyl (C=O) groups excluding carboxylic acids is 1. The third-order valence-corrected chi connectivity index (χ3v) is 8.69. The number of carboxylic acids is 1. The lowest BCUT2D eigenvalue weighted by Gasteiger charge is -2.33. The van der Waals surface area contributed by atoms with Gasteiger partial charge in [-0.25, -0.2) is 9.48 Å². The first-order valence-corrected chi connectivity index (χ1v) is 14.6. The van der Waals surface area contributed by atoms with Gasteiger partial charge in [0.25, 0.3) is 5.91 Å². The van der Waals surface area contributed by atoms with E-state index >= 15 is 0 Å². The minimum Gasteiger partial charge on any atom is -0.478 e. The summed E-state index contributed by atoms with van der Waals surface area (Å²) in [6, 6.07) is 25.2. The highest BCUT2D eigenvalue weighted by atomic mass is 35.5. The van der Waals surface area contributed by atoms with E-state index in [2.05, 4.69) is 29.2 Å². The molecule has 3 aromatic carbocycles. The van der Waals surface area contributed by atoms with Crippen molar-refractivity contribution in [2.45, 2.75) is 37.6 Å². The Hall–Kier alpha value is -3.94. The fourth-order valence-corrected chi connectivity index (χ4v) is 6.32. The zero-order valence-electron chi connectivity index (χ0n) is 22.8. The van der Waals surface area contributed by atoms with Crippen LogP contribution < -0.4 is 0 Å². The molecular formula is C33H33ClN4O3. The van der Waals surface area contributed by atoms with Gasteiger partial charge in [-0.2, -0.15) is 5.10 Å². The highest BCUT2D eigenvalue weighted by Crippen LogP contribution is 2.35. The van der Waals surface area contributed by atoms with Crippen molar-refractivity contribution in [3.8, 4) is 5.69 Å². The van der Waals surface area contributed by atoms with Crippen LogP contribution in [0.3, 0.4) is 0 Å². The molecule has 0 radical (unpaired) electrons. The van der Waals surface area contributed by atoms with Crippen LogP contribution >= 0.6 is 11.6 Å². The Balaban J connectivity index is 1.21. The van der Waals surface area contributed by atoms with Gasteiger partial charge in [-0.3, -0.25) is 9.69 Å². The van der Waals surface area contributed by atoms with Crippen molar-refractivity contribution < 1.29 is 14.7 Å². The van der Waals surface area contributed by atoms with E-state index in [9.17, 15) is 14.7 Å². The molecule has 0 spiro atoms. The molecule has 8 heteroatoms. The predicted molar refractivity (Wildman–Crippen MR) is 159 cm³/mol. The molecule has 0 bridgehead atoms. The summed E-state index contributed by atoms with van der Waals surface area (Å²) in [4.78, 5) is 29.5. The van der Waals surface area contributed by atoms with Crippen LogP contribution in [-0.4, -0.2) is 62.7 Å². The standard InChI is InChI=1S/C33H33ClN4O3/c34-28-10-12-29(13-11-28)38-31(25-14-17-36(18-15-25)21-23-6-8-26(9-7-23)33(40)41)30(20-35-38)32(39)37-19-16-27(22-37)24-4-2-1-3-5-24/h1-13,20,25,27H,14-19,21-22H2,(H,40,41). The highest BCUT2D eigenvalue weighted by molar-refractivity contribution is 6.30. The summed E-state index contributed by atoms with van der Waals surface area (Å²) >= 11 is 6.18. The topological polar surface area (TPSA) is 78.7 Å². The van der Waals surface area contributed by atoms with Crippen molar-refractivity contribution in [1.29, 1.82) is 0 Å². The third-order valence-electron chi connectivity index (χ3n) is 8.44. The molecule has 6 rings (SSSR count).